The number of aromatic nitrogens is 2. The minimum Gasteiger partial charge on any atom is -0.375 e. The van der Waals surface area contributed by atoms with Crippen LogP contribution in [0.2, 0.25) is 0 Å². The van der Waals surface area contributed by atoms with Crippen LogP contribution in [-0.4, -0.2) is 60.5 Å². The summed E-state index contributed by atoms with van der Waals surface area (Å²) in [6, 6.07) is 0.00220. The smallest absolute Gasteiger partial charge is 0.208 e. The third-order valence-corrected chi connectivity index (χ3v) is 5.70. The number of likely N-dealkylation sites (tertiary alicyclic amines) is 1. The van der Waals surface area contributed by atoms with Crippen molar-refractivity contribution in [2.75, 3.05) is 26.0 Å². The van der Waals surface area contributed by atoms with Crippen molar-refractivity contribution in [3.05, 3.63) is 18.2 Å². The summed E-state index contributed by atoms with van der Waals surface area (Å²) in [4.78, 5) is 6.58. The van der Waals surface area contributed by atoms with Crippen LogP contribution in [0, 0.1) is 0 Å². The maximum Gasteiger partial charge on any atom is 0.208 e. The summed E-state index contributed by atoms with van der Waals surface area (Å²) in [5, 5.41) is 0. The molecule has 3 rings (SSSR count). The Kier molecular flexibility index (Phi) is 4.78. The van der Waals surface area contributed by atoms with Gasteiger partial charge in [-0.05, 0) is 25.7 Å². The summed E-state index contributed by atoms with van der Waals surface area (Å²) in [6.45, 7) is 3.47. The molecule has 1 spiro atoms. The Bertz CT molecular complexity index is 635. The van der Waals surface area contributed by atoms with Crippen molar-refractivity contribution >= 4 is 10.0 Å². The zero-order chi connectivity index (χ0) is 16.5. The Morgan fingerprint density at radius 1 is 1.43 bits per heavy atom. The molecule has 8 heteroatoms. The predicted molar refractivity (Wildman–Crippen MR) is 87.4 cm³/mol. The molecule has 2 aliphatic heterocycles. The summed E-state index contributed by atoms with van der Waals surface area (Å²) in [6.07, 6.45) is 8.40. The van der Waals surface area contributed by atoms with Crippen molar-refractivity contribution in [3.8, 4) is 0 Å². The molecular formula is C15H26N4O3S. The number of imidazole rings is 1. The molecule has 0 aliphatic carbocycles. The van der Waals surface area contributed by atoms with Gasteiger partial charge in [0.2, 0.25) is 10.0 Å². The van der Waals surface area contributed by atoms with Gasteiger partial charge in [-0.25, -0.2) is 18.1 Å². The van der Waals surface area contributed by atoms with Crippen LogP contribution in [0.15, 0.2) is 12.5 Å². The van der Waals surface area contributed by atoms with Crippen molar-refractivity contribution in [1.29, 1.82) is 0 Å². The Balaban J connectivity index is 1.56. The maximum atomic E-state index is 11.5. The summed E-state index contributed by atoms with van der Waals surface area (Å²) in [5.74, 6) is 0. The van der Waals surface area contributed by atoms with Gasteiger partial charge in [-0.2, -0.15) is 0 Å². The van der Waals surface area contributed by atoms with Crippen molar-refractivity contribution < 1.29 is 13.2 Å². The molecule has 130 valence electrons. The average Bonchev–Trinajstić information content (AvgIpc) is 2.85. The molecule has 7 nitrogen and oxygen atoms in total. The average molecular weight is 342 g/mol. The lowest BCUT2D eigenvalue weighted by molar-refractivity contribution is -0.118. The molecular weight excluding hydrogens is 316 g/mol. The van der Waals surface area contributed by atoms with Gasteiger partial charge in [-0.1, -0.05) is 0 Å². The van der Waals surface area contributed by atoms with Gasteiger partial charge < -0.3 is 9.30 Å². The Morgan fingerprint density at radius 3 is 2.78 bits per heavy atom. The van der Waals surface area contributed by atoms with E-state index in [0.29, 0.717) is 6.61 Å². The normalized spacial score (nSPS) is 25.7. The lowest BCUT2D eigenvalue weighted by Crippen LogP contribution is -2.53. The molecule has 0 saturated carbocycles. The first-order valence-electron chi connectivity index (χ1n) is 8.14. The van der Waals surface area contributed by atoms with Gasteiger partial charge in [0.15, 0.2) is 0 Å². The molecule has 1 atom stereocenters. The van der Waals surface area contributed by atoms with E-state index in [0.717, 1.165) is 45.3 Å². The first-order chi connectivity index (χ1) is 10.9. The number of nitrogens with zero attached hydrogens (tertiary/aromatic N) is 3. The van der Waals surface area contributed by atoms with E-state index in [-0.39, 0.29) is 11.6 Å². The fraction of sp³-hybridized carbons (Fsp3) is 0.800. The Hall–Kier alpha value is -0.960. The third-order valence-electron chi connectivity index (χ3n) is 4.94. The lowest BCUT2D eigenvalue weighted by Gasteiger charge is -2.46. The van der Waals surface area contributed by atoms with E-state index in [4.69, 9.17) is 4.74 Å². The van der Waals surface area contributed by atoms with E-state index < -0.39 is 10.0 Å². The predicted octanol–water partition coefficient (Wildman–Crippen LogP) is 0.483. The van der Waals surface area contributed by atoms with Crippen LogP contribution >= 0.6 is 0 Å². The van der Waals surface area contributed by atoms with Crippen molar-refractivity contribution in [3.63, 3.8) is 0 Å². The highest BCUT2D eigenvalue weighted by Crippen LogP contribution is 2.35. The fourth-order valence-electron chi connectivity index (χ4n) is 3.66. The highest BCUT2D eigenvalue weighted by molar-refractivity contribution is 7.88. The van der Waals surface area contributed by atoms with Gasteiger partial charge in [-0.15, -0.1) is 0 Å². The minimum absolute atomic E-state index is 0.00220. The molecule has 0 bridgehead atoms. The topological polar surface area (TPSA) is 76.5 Å². The molecule has 0 radical (unpaired) electrons. The number of hydrogen-bond donors (Lipinski definition) is 1. The van der Waals surface area contributed by atoms with E-state index in [1.54, 1.807) is 0 Å². The highest BCUT2D eigenvalue weighted by Gasteiger charge is 2.40. The fourth-order valence-corrected chi connectivity index (χ4v) is 4.47. The number of sulfonamides is 1. The third kappa shape index (κ3) is 4.32. The van der Waals surface area contributed by atoms with Crippen LogP contribution in [0.4, 0.5) is 0 Å². The molecule has 1 unspecified atom stereocenters. The molecule has 1 N–H and O–H groups in total. The Labute approximate surface area is 138 Å². The standard InChI is InChI=1S/C15H26N4O3S/c1-18-12-16-10-14(18)11-19-6-4-15(5-7-19)9-13(3-8-22-15)17-23(2,20)21/h10,12-13,17H,3-9,11H2,1-2H3. The first kappa shape index (κ1) is 16.9. The number of nitrogens with one attached hydrogen (secondary N) is 1. The van der Waals surface area contributed by atoms with Gasteiger partial charge in [0.05, 0.1) is 23.9 Å². The van der Waals surface area contributed by atoms with E-state index in [1.165, 1.54) is 11.9 Å². The molecule has 1 aromatic heterocycles. The van der Waals surface area contributed by atoms with Gasteiger partial charge in [0.1, 0.15) is 0 Å². The molecule has 1 aromatic rings. The molecule has 3 heterocycles. The maximum absolute atomic E-state index is 11.5. The van der Waals surface area contributed by atoms with Gasteiger partial charge in [0.25, 0.3) is 0 Å². The monoisotopic (exact) mass is 342 g/mol. The molecule has 2 saturated heterocycles. The first-order valence-corrected chi connectivity index (χ1v) is 10.0. The number of hydrogen-bond acceptors (Lipinski definition) is 5. The van der Waals surface area contributed by atoms with Crippen LogP contribution in [0.1, 0.15) is 31.4 Å². The summed E-state index contributed by atoms with van der Waals surface area (Å²) >= 11 is 0. The molecule has 23 heavy (non-hydrogen) atoms. The minimum atomic E-state index is -3.15. The van der Waals surface area contributed by atoms with Crippen molar-refractivity contribution in [2.45, 2.75) is 43.9 Å². The van der Waals surface area contributed by atoms with Gasteiger partial charge in [-0.3, -0.25) is 4.90 Å². The highest BCUT2D eigenvalue weighted by atomic mass is 32.2. The quantitative estimate of drug-likeness (QED) is 0.861. The van der Waals surface area contributed by atoms with Crippen LogP contribution in [0.3, 0.4) is 0 Å². The zero-order valence-corrected chi connectivity index (χ0v) is 14.7. The Morgan fingerprint density at radius 2 is 2.17 bits per heavy atom. The molecule has 0 amide bonds. The molecule has 2 fully saturated rings. The van der Waals surface area contributed by atoms with E-state index in [1.807, 2.05) is 24.1 Å². The van der Waals surface area contributed by atoms with Crippen LogP contribution in [0.25, 0.3) is 0 Å². The van der Waals surface area contributed by atoms with Crippen LogP contribution < -0.4 is 4.72 Å². The number of aryl methyl sites for hydroxylation is 1. The second-order valence-electron chi connectivity index (χ2n) is 6.88. The van der Waals surface area contributed by atoms with E-state index in [9.17, 15) is 8.42 Å². The second kappa shape index (κ2) is 6.51. The van der Waals surface area contributed by atoms with Gasteiger partial charge >= 0.3 is 0 Å². The van der Waals surface area contributed by atoms with E-state index >= 15 is 0 Å². The molecule has 2 aliphatic rings. The summed E-state index contributed by atoms with van der Waals surface area (Å²) < 4.78 is 33.8. The summed E-state index contributed by atoms with van der Waals surface area (Å²) in [5.41, 5.74) is 1.05. The van der Waals surface area contributed by atoms with E-state index in [2.05, 4.69) is 14.6 Å². The number of rotatable bonds is 4. The number of ether oxygens (including phenoxy) is 1. The molecule has 0 aromatic carbocycles. The van der Waals surface area contributed by atoms with Crippen molar-refractivity contribution in [2.24, 2.45) is 7.05 Å². The van der Waals surface area contributed by atoms with Crippen molar-refractivity contribution in [1.82, 2.24) is 19.2 Å². The van der Waals surface area contributed by atoms with Crippen LogP contribution in [0.5, 0.6) is 0 Å². The zero-order valence-electron chi connectivity index (χ0n) is 13.9. The summed E-state index contributed by atoms with van der Waals surface area (Å²) in [7, 11) is -1.14. The van der Waals surface area contributed by atoms with Crippen LogP contribution in [-0.2, 0) is 28.4 Å². The van der Waals surface area contributed by atoms with Gasteiger partial charge in [0, 0.05) is 45.5 Å². The second-order valence-corrected chi connectivity index (χ2v) is 8.66. The number of piperidine rings is 1. The largest absolute Gasteiger partial charge is 0.375 e. The lowest BCUT2D eigenvalue weighted by atomic mass is 9.82. The SMILES string of the molecule is Cn1cncc1CN1CCC2(CC1)CC(NS(C)(=O)=O)CCO2.